The van der Waals surface area contributed by atoms with Crippen LogP contribution < -0.4 is 10.3 Å². The molecule has 2 heterocycles. The lowest BCUT2D eigenvalue weighted by Crippen LogP contribution is -2.33. The van der Waals surface area contributed by atoms with Crippen LogP contribution in [0.5, 0.6) is 6.01 Å². The lowest BCUT2D eigenvalue weighted by molar-refractivity contribution is 0.0724. The Morgan fingerprint density at radius 1 is 1.57 bits per heavy atom. The summed E-state index contributed by atoms with van der Waals surface area (Å²) in [7, 11) is 1.40. The molecule has 0 radical (unpaired) electrons. The highest BCUT2D eigenvalue weighted by Crippen LogP contribution is 2.30. The first-order valence-electron chi connectivity index (χ1n) is 6.66. The Balaban J connectivity index is 1.87. The van der Waals surface area contributed by atoms with Crippen LogP contribution in [0.1, 0.15) is 28.2 Å². The number of hydrogen-bond acceptors (Lipinski definition) is 5. The molecule has 0 saturated heterocycles. The van der Waals surface area contributed by atoms with Crippen LogP contribution in [-0.2, 0) is 6.54 Å². The average molecular weight is 305 g/mol. The van der Waals surface area contributed by atoms with Gasteiger partial charge in [0.15, 0.2) is 0 Å². The summed E-state index contributed by atoms with van der Waals surface area (Å²) in [6.45, 7) is 0.554. The first-order chi connectivity index (χ1) is 10.2. The van der Waals surface area contributed by atoms with Gasteiger partial charge in [0.1, 0.15) is 5.69 Å². The topological polar surface area (TPSA) is 75.3 Å². The number of ether oxygens (including phenoxy) is 1. The van der Waals surface area contributed by atoms with Crippen LogP contribution in [0, 0.1) is 0 Å². The Morgan fingerprint density at radius 2 is 2.38 bits per heavy atom. The van der Waals surface area contributed by atoms with Gasteiger partial charge in [0.25, 0.3) is 17.5 Å². The summed E-state index contributed by atoms with van der Waals surface area (Å²) in [5.74, 6) is -0.227. The van der Waals surface area contributed by atoms with E-state index in [2.05, 4.69) is 9.97 Å². The third kappa shape index (κ3) is 3.13. The van der Waals surface area contributed by atoms with Crippen molar-refractivity contribution < 1.29 is 9.53 Å². The fraction of sp³-hybridized carbons (Fsp3) is 0.357. The van der Waals surface area contributed by atoms with Crippen LogP contribution >= 0.6 is 11.3 Å². The number of hydrogen-bond donors (Lipinski definition) is 1. The monoisotopic (exact) mass is 305 g/mol. The van der Waals surface area contributed by atoms with Gasteiger partial charge in [-0.3, -0.25) is 14.6 Å². The van der Waals surface area contributed by atoms with E-state index in [1.807, 2.05) is 17.5 Å². The highest BCUT2D eigenvalue weighted by Gasteiger charge is 2.34. The SMILES string of the molecule is COc1nc(C(=O)N(Cc2cccs2)C2CC2)cc(=O)[nH]1. The maximum atomic E-state index is 12.6. The minimum atomic E-state index is -0.392. The standard InChI is InChI=1S/C14H15N3O3S/c1-20-14-15-11(7-12(18)16-14)13(19)17(9-4-5-9)8-10-3-2-6-21-10/h2-3,6-7,9H,4-5,8H2,1H3,(H,15,16,18). The number of nitrogens with zero attached hydrogens (tertiary/aromatic N) is 2. The fourth-order valence-electron chi connectivity index (χ4n) is 2.11. The van der Waals surface area contributed by atoms with Crippen LogP contribution in [0.3, 0.4) is 0 Å². The van der Waals surface area contributed by atoms with E-state index in [4.69, 9.17) is 4.74 Å². The van der Waals surface area contributed by atoms with Gasteiger partial charge in [-0.2, -0.15) is 4.98 Å². The molecule has 0 aliphatic heterocycles. The van der Waals surface area contributed by atoms with Gasteiger partial charge in [0, 0.05) is 17.0 Å². The van der Waals surface area contributed by atoms with E-state index >= 15 is 0 Å². The zero-order valence-electron chi connectivity index (χ0n) is 11.5. The van der Waals surface area contributed by atoms with Crippen LogP contribution in [-0.4, -0.2) is 33.9 Å². The van der Waals surface area contributed by atoms with Crippen molar-refractivity contribution in [2.24, 2.45) is 0 Å². The van der Waals surface area contributed by atoms with Crippen molar-refractivity contribution in [2.45, 2.75) is 25.4 Å². The molecule has 3 rings (SSSR count). The van der Waals surface area contributed by atoms with Gasteiger partial charge < -0.3 is 9.64 Å². The number of methoxy groups -OCH3 is 1. The Labute approximate surface area is 125 Å². The maximum absolute atomic E-state index is 12.6. The van der Waals surface area contributed by atoms with E-state index < -0.39 is 5.56 Å². The van der Waals surface area contributed by atoms with Crippen molar-refractivity contribution in [3.63, 3.8) is 0 Å². The molecule has 0 bridgehead atoms. The highest BCUT2D eigenvalue weighted by atomic mass is 32.1. The molecule has 1 N–H and O–H groups in total. The Hall–Kier alpha value is -2.15. The quantitative estimate of drug-likeness (QED) is 0.911. The first kappa shape index (κ1) is 13.8. The Morgan fingerprint density at radius 3 is 3.00 bits per heavy atom. The van der Waals surface area contributed by atoms with E-state index in [9.17, 15) is 9.59 Å². The van der Waals surface area contributed by atoms with E-state index in [1.165, 1.54) is 13.2 Å². The van der Waals surface area contributed by atoms with Crippen LogP contribution in [0.25, 0.3) is 0 Å². The smallest absolute Gasteiger partial charge is 0.296 e. The number of amides is 1. The summed E-state index contributed by atoms with van der Waals surface area (Å²) in [5.41, 5.74) is -0.267. The molecule has 1 aliphatic rings. The molecule has 0 spiro atoms. The molecule has 7 heteroatoms. The average Bonchev–Trinajstić information content (AvgIpc) is 3.20. The van der Waals surface area contributed by atoms with Gasteiger partial charge in [-0.25, -0.2) is 0 Å². The van der Waals surface area contributed by atoms with E-state index in [0.717, 1.165) is 17.7 Å². The summed E-state index contributed by atoms with van der Waals surface area (Å²) in [6, 6.07) is 5.47. The summed E-state index contributed by atoms with van der Waals surface area (Å²) in [6.07, 6.45) is 1.99. The number of thiophene rings is 1. The van der Waals surface area contributed by atoms with E-state index in [1.54, 1.807) is 16.2 Å². The first-order valence-corrected chi connectivity index (χ1v) is 7.54. The molecule has 1 fully saturated rings. The van der Waals surface area contributed by atoms with Gasteiger partial charge in [-0.1, -0.05) is 6.07 Å². The lowest BCUT2D eigenvalue weighted by atomic mass is 10.3. The molecule has 1 aliphatic carbocycles. The molecule has 0 unspecified atom stereocenters. The van der Waals surface area contributed by atoms with Crippen LogP contribution in [0.2, 0.25) is 0 Å². The van der Waals surface area contributed by atoms with Crippen molar-refractivity contribution in [1.82, 2.24) is 14.9 Å². The second kappa shape index (κ2) is 5.69. The zero-order valence-corrected chi connectivity index (χ0v) is 12.4. The molecule has 1 saturated carbocycles. The Bertz CT molecular complexity index is 692. The largest absolute Gasteiger partial charge is 0.468 e. The van der Waals surface area contributed by atoms with Crippen molar-refractivity contribution in [1.29, 1.82) is 0 Å². The van der Waals surface area contributed by atoms with Gasteiger partial charge in [-0.15, -0.1) is 11.3 Å². The predicted octanol–water partition coefficient (Wildman–Crippen LogP) is 1.64. The molecular formula is C14H15N3O3S. The normalized spacial score (nSPS) is 14.0. The third-order valence-electron chi connectivity index (χ3n) is 3.29. The third-order valence-corrected chi connectivity index (χ3v) is 4.15. The number of rotatable bonds is 5. The van der Waals surface area contributed by atoms with Crippen molar-refractivity contribution in [3.8, 4) is 6.01 Å². The van der Waals surface area contributed by atoms with Crippen molar-refractivity contribution >= 4 is 17.2 Å². The van der Waals surface area contributed by atoms with Crippen LogP contribution in [0.15, 0.2) is 28.4 Å². The number of aromatic amines is 1. The highest BCUT2D eigenvalue weighted by molar-refractivity contribution is 7.09. The Kier molecular flexibility index (Phi) is 3.74. The molecule has 2 aromatic rings. The van der Waals surface area contributed by atoms with Gasteiger partial charge in [0.05, 0.1) is 13.7 Å². The minimum Gasteiger partial charge on any atom is -0.468 e. The van der Waals surface area contributed by atoms with Crippen molar-refractivity contribution in [3.05, 3.63) is 44.5 Å². The van der Waals surface area contributed by atoms with Gasteiger partial charge in [0.2, 0.25) is 0 Å². The van der Waals surface area contributed by atoms with Crippen molar-refractivity contribution in [2.75, 3.05) is 7.11 Å². The van der Waals surface area contributed by atoms with E-state index in [0.29, 0.717) is 6.54 Å². The van der Waals surface area contributed by atoms with Gasteiger partial charge in [-0.05, 0) is 24.3 Å². The molecule has 1 amide bonds. The number of H-pyrrole nitrogens is 1. The summed E-state index contributed by atoms with van der Waals surface area (Å²) >= 11 is 1.61. The summed E-state index contributed by atoms with van der Waals surface area (Å²) in [5, 5.41) is 1.99. The number of carbonyl (C=O) groups excluding carboxylic acids is 1. The lowest BCUT2D eigenvalue weighted by Gasteiger charge is -2.21. The summed E-state index contributed by atoms with van der Waals surface area (Å²) in [4.78, 5) is 33.6. The second-order valence-electron chi connectivity index (χ2n) is 4.88. The molecule has 6 nitrogen and oxygen atoms in total. The molecule has 110 valence electrons. The maximum Gasteiger partial charge on any atom is 0.296 e. The molecule has 0 atom stereocenters. The predicted molar refractivity (Wildman–Crippen MR) is 78.6 cm³/mol. The molecule has 21 heavy (non-hydrogen) atoms. The number of nitrogens with one attached hydrogen (secondary N) is 1. The van der Waals surface area contributed by atoms with Gasteiger partial charge >= 0.3 is 0 Å². The number of aromatic nitrogens is 2. The fourth-order valence-corrected chi connectivity index (χ4v) is 2.81. The molecular weight excluding hydrogens is 290 g/mol. The second-order valence-corrected chi connectivity index (χ2v) is 5.92. The molecule has 2 aromatic heterocycles. The summed E-state index contributed by atoms with van der Waals surface area (Å²) < 4.78 is 4.91. The molecule has 0 aromatic carbocycles. The minimum absolute atomic E-state index is 0.0534. The van der Waals surface area contributed by atoms with Crippen LogP contribution in [0.4, 0.5) is 0 Å². The zero-order chi connectivity index (χ0) is 14.8. The number of carbonyl (C=O) groups is 1. The van der Waals surface area contributed by atoms with E-state index in [-0.39, 0.29) is 23.7 Å².